The summed E-state index contributed by atoms with van der Waals surface area (Å²) in [5.74, 6) is 0.894. The Morgan fingerprint density at radius 2 is 2.08 bits per heavy atom. The predicted molar refractivity (Wildman–Crippen MR) is 44.5 cm³/mol. The summed E-state index contributed by atoms with van der Waals surface area (Å²) in [4.78, 5) is 4.97. The summed E-state index contributed by atoms with van der Waals surface area (Å²) in [6.07, 6.45) is 0. The van der Waals surface area contributed by atoms with Crippen molar-refractivity contribution in [3.63, 3.8) is 0 Å². The number of hydroxylamine groups is 2. The molecule has 1 saturated heterocycles. The third-order valence-electron chi connectivity index (χ3n) is 1.83. The van der Waals surface area contributed by atoms with Gasteiger partial charge in [0.25, 0.3) is 0 Å². The summed E-state index contributed by atoms with van der Waals surface area (Å²) < 4.78 is 5.04. The molecule has 64 valence electrons. The summed E-state index contributed by atoms with van der Waals surface area (Å²) in [5, 5.41) is 1.89. The number of rotatable bonds is 3. The molecule has 1 aromatic carbocycles. The lowest BCUT2D eigenvalue weighted by Crippen LogP contribution is -1.95. The molecule has 1 aliphatic rings. The van der Waals surface area contributed by atoms with Crippen LogP contribution >= 0.6 is 0 Å². The van der Waals surface area contributed by atoms with Crippen molar-refractivity contribution in [2.45, 2.75) is 6.54 Å². The predicted octanol–water partition coefficient (Wildman–Crippen LogP) is 1.40. The maximum atomic E-state index is 5.04. The number of ether oxygens (including phenoxy) is 1. The molecule has 0 radical (unpaired) electrons. The largest absolute Gasteiger partial charge is 0.497 e. The summed E-state index contributed by atoms with van der Waals surface area (Å²) in [5.41, 5.74) is 1.24. The maximum Gasteiger partial charge on any atom is 0.144 e. The third-order valence-corrected chi connectivity index (χ3v) is 1.83. The zero-order valence-electron chi connectivity index (χ0n) is 6.99. The molecule has 2 rings (SSSR count). The van der Waals surface area contributed by atoms with Crippen molar-refractivity contribution in [2.75, 3.05) is 13.8 Å². The SMILES string of the molecule is COc1ccc(CN2CO2)cc1. The minimum Gasteiger partial charge on any atom is -0.497 e. The number of benzene rings is 1. The first-order valence-electron chi connectivity index (χ1n) is 3.89. The van der Waals surface area contributed by atoms with E-state index in [0.29, 0.717) is 0 Å². The standard InChI is InChI=1S/C9H11NO2/c1-11-9-4-2-8(3-5-9)6-10-7-12-10/h2-5H,6-7H2,1H3. The molecule has 0 saturated carbocycles. The quantitative estimate of drug-likeness (QED) is 0.633. The number of hydrogen-bond donors (Lipinski definition) is 0. The average molecular weight is 165 g/mol. The normalized spacial score (nSPS) is 20.6. The van der Waals surface area contributed by atoms with Crippen LogP contribution in [0.5, 0.6) is 5.75 Å². The van der Waals surface area contributed by atoms with Gasteiger partial charge in [0.2, 0.25) is 0 Å². The molecule has 12 heavy (non-hydrogen) atoms. The highest BCUT2D eigenvalue weighted by atomic mass is 16.8. The highest BCUT2D eigenvalue weighted by Crippen LogP contribution is 2.16. The third kappa shape index (κ3) is 1.75. The number of nitrogens with zero attached hydrogens (tertiary/aromatic N) is 1. The van der Waals surface area contributed by atoms with Crippen molar-refractivity contribution in [1.82, 2.24) is 5.06 Å². The van der Waals surface area contributed by atoms with Crippen LogP contribution < -0.4 is 4.74 Å². The zero-order chi connectivity index (χ0) is 8.39. The van der Waals surface area contributed by atoms with Gasteiger partial charge in [0.15, 0.2) is 0 Å². The monoisotopic (exact) mass is 165 g/mol. The van der Waals surface area contributed by atoms with E-state index < -0.39 is 0 Å². The summed E-state index contributed by atoms with van der Waals surface area (Å²) in [7, 11) is 1.67. The van der Waals surface area contributed by atoms with E-state index in [1.54, 1.807) is 7.11 Å². The Kier molecular flexibility index (Phi) is 1.98. The van der Waals surface area contributed by atoms with E-state index in [1.165, 1.54) is 5.56 Å². The molecule has 1 heterocycles. The van der Waals surface area contributed by atoms with E-state index in [2.05, 4.69) is 0 Å². The highest BCUT2D eigenvalue weighted by Gasteiger charge is 2.18. The molecule has 1 atom stereocenters. The van der Waals surface area contributed by atoms with Crippen molar-refractivity contribution in [3.05, 3.63) is 29.8 Å². The molecule has 0 aromatic heterocycles. The van der Waals surface area contributed by atoms with Gasteiger partial charge in [-0.05, 0) is 17.7 Å². The fraction of sp³-hybridized carbons (Fsp3) is 0.333. The van der Waals surface area contributed by atoms with E-state index in [4.69, 9.17) is 9.57 Å². The Hall–Kier alpha value is -1.06. The van der Waals surface area contributed by atoms with Gasteiger partial charge in [0.05, 0.1) is 13.7 Å². The van der Waals surface area contributed by atoms with Gasteiger partial charge < -0.3 is 4.74 Å². The van der Waals surface area contributed by atoms with Gasteiger partial charge in [-0.1, -0.05) is 12.1 Å². The zero-order valence-corrected chi connectivity index (χ0v) is 6.99. The molecule has 1 fully saturated rings. The molecule has 3 nitrogen and oxygen atoms in total. The van der Waals surface area contributed by atoms with Crippen molar-refractivity contribution < 1.29 is 9.57 Å². The molecule has 0 bridgehead atoms. The van der Waals surface area contributed by atoms with E-state index in [1.807, 2.05) is 29.3 Å². The second-order valence-corrected chi connectivity index (χ2v) is 2.75. The fourth-order valence-corrected chi connectivity index (χ4v) is 1.07. The fourth-order valence-electron chi connectivity index (χ4n) is 1.07. The van der Waals surface area contributed by atoms with Crippen LogP contribution in [0.25, 0.3) is 0 Å². The first-order chi connectivity index (χ1) is 5.88. The summed E-state index contributed by atoms with van der Waals surface area (Å²) in [6.45, 7) is 1.62. The van der Waals surface area contributed by atoms with E-state index in [-0.39, 0.29) is 0 Å². The van der Waals surface area contributed by atoms with Crippen LogP contribution in [-0.4, -0.2) is 18.9 Å². The first kappa shape index (κ1) is 7.58. The van der Waals surface area contributed by atoms with E-state index >= 15 is 0 Å². The van der Waals surface area contributed by atoms with Crippen LogP contribution in [0.4, 0.5) is 0 Å². The van der Waals surface area contributed by atoms with Crippen LogP contribution in [0.3, 0.4) is 0 Å². The highest BCUT2D eigenvalue weighted by molar-refractivity contribution is 5.26. The van der Waals surface area contributed by atoms with Crippen molar-refractivity contribution in [1.29, 1.82) is 0 Å². The lowest BCUT2D eigenvalue weighted by atomic mass is 10.2. The molecule has 0 amide bonds. The van der Waals surface area contributed by atoms with Gasteiger partial charge >= 0.3 is 0 Å². The van der Waals surface area contributed by atoms with Gasteiger partial charge in [-0.15, -0.1) is 0 Å². The molecule has 0 spiro atoms. The van der Waals surface area contributed by atoms with Gasteiger partial charge in [-0.25, -0.2) is 0 Å². The number of methoxy groups -OCH3 is 1. The molecular formula is C9H11NO2. The maximum absolute atomic E-state index is 5.04. The van der Waals surface area contributed by atoms with Crippen LogP contribution in [0, 0.1) is 0 Å². The Labute approximate surface area is 71.5 Å². The number of hydrogen-bond acceptors (Lipinski definition) is 3. The summed E-state index contributed by atoms with van der Waals surface area (Å²) >= 11 is 0. The molecular weight excluding hydrogens is 154 g/mol. The Bertz CT molecular complexity index is 254. The van der Waals surface area contributed by atoms with Gasteiger partial charge in [-0.3, -0.25) is 4.84 Å². The Morgan fingerprint density at radius 1 is 1.42 bits per heavy atom. The van der Waals surface area contributed by atoms with Crippen LogP contribution in [-0.2, 0) is 11.4 Å². The molecule has 1 unspecified atom stereocenters. The molecule has 0 N–H and O–H groups in total. The lowest BCUT2D eigenvalue weighted by molar-refractivity contribution is 0.194. The second-order valence-electron chi connectivity index (χ2n) is 2.75. The lowest BCUT2D eigenvalue weighted by Gasteiger charge is -2.01. The van der Waals surface area contributed by atoms with Crippen molar-refractivity contribution in [2.24, 2.45) is 0 Å². The minimum absolute atomic E-state index is 0.756. The molecule has 1 aromatic rings. The van der Waals surface area contributed by atoms with Crippen LogP contribution in [0.15, 0.2) is 24.3 Å². The van der Waals surface area contributed by atoms with Crippen LogP contribution in [0.2, 0.25) is 0 Å². The van der Waals surface area contributed by atoms with Crippen LogP contribution in [0.1, 0.15) is 5.56 Å². The molecule has 1 aliphatic heterocycles. The van der Waals surface area contributed by atoms with E-state index in [9.17, 15) is 0 Å². The Balaban J connectivity index is 2.02. The van der Waals surface area contributed by atoms with Gasteiger partial charge in [0, 0.05) is 0 Å². The first-order valence-corrected chi connectivity index (χ1v) is 3.89. The Morgan fingerprint density at radius 3 is 2.58 bits per heavy atom. The van der Waals surface area contributed by atoms with Gasteiger partial charge in [0.1, 0.15) is 12.5 Å². The van der Waals surface area contributed by atoms with Crippen molar-refractivity contribution >= 4 is 0 Å². The minimum atomic E-state index is 0.756. The van der Waals surface area contributed by atoms with E-state index in [0.717, 1.165) is 19.0 Å². The summed E-state index contributed by atoms with van der Waals surface area (Å²) in [6, 6.07) is 8.00. The molecule has 3 heteroatoms. The smallest absolute Gasteiger partial charge is 0.144 e. The van der Waals surface area contributed by atoms with Crippen molar-refractivity contribution in [3.8, 4) is 5.75 Å². The average Bonchev–Trinajstić information content (AvgIpc) is 2.90. The van der Waals surface area contributed by atoms with Gasteiger partial charge in [-0.2, -0.15) is 5.06 Å². The topological polar surface area (TPSA) is 24.8 Å². The second kappa shape index (κ2) is 3.13. The molecule has 0 aliphatic carbocycles.